The second-order valence-corrected chi connectivity index (χ2v) is 5.95. The largest absolute Gasteiger partial charge is 0.497 e. The number of H-pyrrole nitrogens is 1. The van der Waals surface area contributed by atoms with Crippen LogP contribution in [0, 0.1) is 0 Å². The molecule has 1 saturated carbocycles. The lowest BCUT2D eigenvalue weighted by molar-refractivity contribution is 0.414. The van der Waals surface area contributed by atoms with Crippen LogP contribution in [-0.2, 0) is 0 Å². The highest BCUT2D eigenvalue weighted by Crippen LogP contribution is 2.35. The van der Waals surface area contributed by atoms with E-state index in [0.29, 0.717) is 10.4 Å². The molecule has 3 rings (SSSR count). The number of methoxy groups -OCH3 is 1. The van der Waals surface area contributed by atoms with Gasteiger partial charge in [0, 0.05) is 5.92 Å². The number of halogens is 1. The average molecular weight is 337 g/mol. The molecular weight excluding hydrogens is 320 g/mol. The Hall–Kier alpha value is -1.49. The first-order chi connectivity index (χ1) is 9.70. The van der Waals surface area contributed by atoms with Gasteiger partial charge in [-0.1, -0.05) is 12.8 Å². The summed E-state index contributed by atoms with van der Waals surface area (Å²) < 4.78 is 7.40. The molecule has 0 unspecified atom stereocenters. The maximum Gasteiger partial charge on any atom is 0.285 e. The highest BCUT2D eigenvalue weighted by atomic mass is 79.9. The van der Waals surface area contributed by atoms with Crippen LogP contribution in [0.2, 0.25) is 0 Å². The Kier molecular flexibility index (Phi) is 3.70. The van der Waals surface area contributed by atoms with Crippen molar-refractivity contribution in [2.45, 2.75) is 31.6 Å². The van der Waals surface area contributed by atoms with Gasteiger partial charge in [-0.2, -0.15) is 0 Å². The molecule has 1 aromatic carbocycles. The van der Waals surface area contributed by atoms with Gasteiger partial charge < -0.3 is 4.74 Å². The minimum absolute atomic E-state index is 0.0305. The molecule has 0 saturated heterocycles. The Morgan fingerprint density at radius 2 is 1.90 bits per heavy atom. The summed E-state index contributed by atoms with van der Waals surface area (Å²) in [5, 5.41) is 3.26. The number of aromatic amines is 1. The Labute approximate surface area is 125 Å². The average Bonchev–Trinajstić information content (AvgIpc) is 3.10. The van der Waals surface area contributed by atoms with Crippen molar-refractivity contribution in [2.75, 3.05) is 7.11 Å². The number of hydrogen-bond donors (Lipinski definition) is 1. The van der Waals surface area contributed by atoms with E-state index < -0.39 is 0 Å². The fraction of sp³-hybridized carbons (Fsp3) is 0.400. The standard InChI is InChI=1S/C15H17BrN2O2/c1-20-12-8-6-11(7-9-12)18-15(19)13(16)14(17-18)10-4-2-3-5-10/h6-10,17H,2-5H2,1H3. The molecule has 1 fully saturated rings. The molecule has 1 N–H and O–H groups in total. The van der Waals surface area contributed by atoms with E-state index in [9.17, 15) is 4.79 Å². The summed E-state index contributed by atoms with van der Waals surface area (Å²) in [7, 11) is 1.63. The number of nitrogens with one attached hydrogen (secondary N) is 1. The van der Waals surface area contributed by atoms with Crippen molar-refractivity contribution in [3.05, 3.63) is 44.8 Å². The van der Waals surface area contributed by atoms with Crippen LogP contribution in [0.15, 0.2) is 33.5 Å². The molecule has 4 nitrogen and oxygen atoms in total. The summed E-state index contributed by atoms with van der Waals surface area (Å²) in [6, 6.07) is 7.46. The molecule has 1 aromatic heterocycles. The molecule has 0 bridgehead atoms. The minimum atomic E-state index is -0.0305. The quantitative estimate of drug-likeness (QED) is 0.930. The zero-order valence-electron chi connectivity index (χ0n) is 11.4. The third-order valence-electron chi connectivity index (χ3n) is 3.95. The lowest BCUT2D eigenvalue weighted by Crippen LogP contribution is -2.14. The molecule has 20 heavy (non-hydrogen) atoms. The van der Waals surface area contributed by atoms with Crippen molar-refractivity contribution in [3.63, 3.8) is 0 Å². The molecule has 1 aliphatic carbocycles. The summed E-state index contributed by atoms with van der Waals surface area (Å²) >= 11 is 3.45. The van der Waals surface area contributed by atoms with Crippen LogP contribution >= 0.6 is 15.9 Å². The van der Waals surface area contributed by atoms with Gasteiger partial charge in [0.2, 0.25) is 0 Å². The second-order valence-electron chi connectivity index (χ2n) is 5.16. The predicted octanol–water partition coefficient (Wildman–Crippen LogP) is 3.59. The zero-order valence-corrected chi connectivity index (χ0v) is 12.9. The summed E-state index contributed by atoms with van der Waals surface area (Å²) in [5.74, 6) is 1.25. The molecule has 0 amide bonds. The smallest absolute Gasteiger partial charge is 0.285 e. The van der Waals surface area contributed by atoms with Crippen LogP contribution in [0.3, 0.4) is 0 Å². The molecule has 1 aliphatic rings. The Morgan fingerprint density at radius 3 is 2.50 bits per heavy atom. The van der Waals surface area contributed by atoms with Gasteiger partial charge in [-0.3, -0.25) is 9.89 Å². The molecule has 2 aromatic rings. The highest BCUT2D eigenvalue weighted by molar-refractivity contribution is 9.10. The van der Waals surface area contributed by atoms with E-state index in [1.165, 1.54) is 12.8 Å². The van der Waals surface area contributed by atoms with E-state index in [-0.39, 0.29) is 5.56 Å². The maximum atomic E-state index is 12.4. The van der Waals surface area contributed by atoms with Crippen LogP contribution < -0.4 is 10.3 Å². The SMILES string of the molecule is COc1ccc(-n2[nH]c(C3CCCC3)c(Br)c2=O)cc1. The van der Waals surface area contributed by atoms with E-state index in [2.05, 4.69) is 21.0 Å². The molecule has 0 aliphatic heterocycles. The van der Waals surface area contributed by atoms with Crippen molar-refractivity contribution in [1.82, 2.24) is 9.78 Å². The Balaban J connectivity index is 2.00. The van der Waals surface area contributed by atoms with Crippen molar-refractivity contribution in [3.8, 4) is 11.4 Å². The number of benzene rings is 1. The van der Waals surface area contributed by atoms with E-state index >= 15 is 0 Å². The second kappa shape index (κ2) is 5.48. The van der Waals surface area contributed by atoms with Crippen LogP contribution in [0.4, 0.5) is 0 Å². The lowest BCUT2D eigenvalue weighted by Gasteiger charge is -2.07. The third kappa shape index (κ3) is 2.30. The van der Waals surface area contributed by atoms with E-state index in [0.717, 1.165) is 30.0 Å². The molecule has 106 valence electrons. The number of nitrogens with zero attached hydrogens (tertiary/aromatic N) is 1. The first-order valence-corrected chi connectivity index (χ1v) is 7.65. The van der Waals surface area contributed by atoms with Crippen LogP contribution in [0.25, 0.3) is 5.69 Å². The summed E-state index contributed by atoms with van der Waals surface area (Å²) in [6.45, 7) is 0. The van der Waals surface area contributed by atoms with Crippen LogP contribution in [0.1, 0.15) is 37.3 Å². The fourth-order valence-corrected chi connectivity index (χ4v) is 3.42. The lowest BCUT2D eigenvalue weighted by atomic mass is 10.1. The van der Waals surface area contributed by atoms with Gasteiger partial charge in [-0.15, -0.1) is 0 Å². The number of ether oxygens (including phenoxy) is 1. The normalized spacial score (nSPS) is 15.7. The summed E-state index contributed by atoms with van der Waals surface area (Å²) in [4.78, 5) is 12.4. The fourth-order valence-electron chi connectivity index (χ4n) is 2.83. The highest BCUT2D eigenvalue weighted by Gasteiger charge is 2.24. The van der Waals surface area contributed by atoms with Gasteiger partial charge in [0.1, 0.15) is 10.2 Å². The van der Waals surface area contributed by atoms with Crippen LogP contribution in [0.5, 0.6) is 5.75 Å². The van der Waals surface area contributed by atoms with Gasteiger partial charge in [-0.25, -0.2) is 4.68 Å². The van der Waals surface area contributed by atoms with Gasteiger partial charge in [0.25, 0.3) is 5.56 Å². The third-order valence-corrected chi connectivity index (χ3v) is 4.72. The molecular formula is C15H17BrN2O2. The number of hydrogen-bond acceptors (Lipinski definition) is 2. The van der Waals surface area contributed by atoms with E-state index in [4.69, 9.17) is 4.74 Å². The molecule has 0 spiro atoms. The first-order valence-electron chi connectivity index (χ1n) is 6.85. The van der Waals surface area contributed by atoms with Crippen molar-refractivity contribution in [1.29, 1.82) is 0 Å². The van der Waals surface area contributed by atoms with Crippen molar-refractivity contribution < 1.29 is 4.74 Å². The number of aromatic nitrogens is 2. The molecule has 1 heterocycles. The minimum Gasteiger partial charge on any atom is -0.497 e. The molecule has 0 atom stereocenters. The van der Waals surface area contributed by atoms with Crippen LogP contribution in [-0.4, -0.2) is 16.9 Å². The van der Waals surface area contributed by atoms with Gasteiger partial charge in [0.15, 0.2) is 0 Å². The Morgan fingerprint density at radius 1 is 1.25 bits per heavy atom. The maximum absolute atomic E-state index is 12.4. The summed E-state index contributed by atoms with van der Waals surface area (Å²) in [6.07, 6.45) is 4.79. The van der Waals surface area contributed by atoms with Crippen molar-refractivity contribution >= 4 is 15.9 Å². The van der Waals surface area contributed by atoms with Gasteiger partial charge in [-0.05, 0) is 53.0 Å². The summed E-state index contributed by atoms with van der Waals surface area (Å²) in [5.41, 5.74) is 1.82. The molecule has 0 radical (unpaired) electrons. The zero-order chi connectivity index (χ0) is 14.1. The first kappa shape index (κ1) is 13.5. The van der Waals surface area contributed by atoms with Gasteiger partial charge >= 0.3 is 0 Å². The predicted molar refractivity (Wildman–Crippen MR) is 81.9 cm³/mol. The Bertz CT molecular complexity index is 652. The number of rotatable bonds is 3. The molecule has 5 heteroatoms. The van der Waals surface area contributed by atoms with Gasteiger partial charge in [0.05, 0.1) is 18.5 Å². The monoisotopic (exact) mass is 336 g/mol. The van der Waals surface area contributed by atoms with E-state index in [1.807, 2.05) is 24.3 Å². The van der Waals surface area contributed by atoms with Crippen molar-refractivity contribution in [2.24, 2.45) is 0 Å². The topological polar surface area (TPSA) is 47.0 Å². The van der Waals surface area contributed by atoms with E-state index in [1.54, 1.807) is 11.8 Å².